The maximum atomic E-state index is 13.7. The number of carbonyl (C=O) groups excluding carboxylic acids is 1. The molecule has 0 spiro atoms. The fourth-order valence-corrected chi connectivity index (χ4v) is 5.23. The summed E-state index contributed by atoms with van der Waals surface area (Å²) >= 11 is 0. The summed E-state index contributed by atoms with van der Waals surface area (Å²) in [6.07, 6.45) is 2.66. The van der Waals surface area contributed by atoms with Crippen molar-refractivity contribution in [2.75, 3.05) is 33.7 Å². The number of hydrogen-bond acceptors (Lipinski definition) is 3. The predicted octanol–water partition coefficient (Wildman–Crippen LogP) is 5.56. The molecule has 1 heterocycles. The van der Waals surface area contributed by atoms with Gasteiger partial charge >= 0.3 is 0 Å². The molecule has 6 heteroatoms. The van der Waals surface area contributed by atoms with Gasteiger partial charge < -0.3 is 10.2 Å². The Morgan fingerprint density at radius 2 is 1.33 bits per heavy atom. The molecule has 0 bridgehead atoms. The smallest absolute Gasteiger partial charge is 0.227 e. The van der Waals surface area contributed by atoms with E-state index in [0.717, 1.165) is 38.9 Å². The Balaban J connectivity index is 0.00000228. The van der Waals surface area contributed by atoms with E-state index >= 15 is 0 Å². The first kappa shape index (κ1) is 29.9. The number of carbonyl (C=O) groups is 1. The average molecular weight is 529 g/mol. The van der Waals surface area contributed by atoms with Crippen molar-refractivity contribution >= 4 is 30.7 Å². The van der Waals surface area contributed by atoms with Gasteiger partial charge in [-0.2, -0.15) is 0 Å². The summed E-state index contributed by atoms with van der Waals surface area (Å²) in [6, 6.07) is 31.5. The van der Waals surface area contributed by atoms with Crippen molar-refractivity contribution < 1.29 is 4.79 Å². The van der Waals surface area contributed by atoms with Crippen LogP contribution in [0.4, 0.5) is 0 Å². The van der Waals surface area contributed by atoms with Crippen LogP contribution in [0.15, 0.2) is 91.0 Å². The molecule has 1 aliphatic heterocycles. The molecule has 36 heavy (non-hydrogen) atoms. The number of halogens is 2. The Kier molecular flexibility index (Phi) is 11.9. The van der Waals surface area contributed by atoms with Gasteiger partial charge in [0, 0.05) is 31.7 Å². The maximum Gasteiger partial charge on any atom is 0.227 e. The van der Waals surface area contributed by atoms with Crippen molar-refractivity contribution in [3.8, 4) is 0 Å². The standard InChI is InChI=1S/C30H37N3O.2ClH/c1-32(2)30(28-16-10-5-11-17-28)18-20-33(21-19-30)29(34)27(22-25-12-6-3-7-13-25)24-31-23-26-14-8-4-9-15-26;;/h3-17,27,31H,18-24H2,1-2H3;2*1H. The van der Waals surface area contributed by atoms with Crippen LogP contribution in [-0.4, -0.2) is 49.4 Å². The molecular weight excluding hydrogens is 489 g/mol. The Morgan fingerprint density at radius 1 is 0.833 bits per heavy atom. The highest BCUT2D eigenvalue weighted by Crippen LogP contribution is 2.37. The molecule has 3 aromatic rings. The molecule has 1 saturated heterocycles. The molecule has 1 atom stereocenters. The summed E-state index contributed by atoms with van der Waals surface area (Å²) in [6.45, 7) is 3.03. The minimum absolute atomic E-state index is 0. The quantitative estimate of drug-likeness (QED) is 0.395. The molecular formula is C30H39Cl2N3O. The third-order valence-corrected chi connectivity index (χ3v) is 7.31. The Labute approximate surface area is 228 Å². The second kappa shape index (κ2) is 14.4. The first-order valence-corrected chi connectivity index (χ1v) is 12.4. The summed E-state index contributed by atoms with van der Waals surface area (Å²) < 4.78 is 0. The number of likely N-dealkylation sites (tertiary alicyclic amines) is 1. The predicted molar refractivity (Wildman–Crippen MR) is 154 cm³/mol. The number of nitrogens with one attached hydrogen (secondary N) is 1. The van der Waals surface area contributed by atoms with Crippen LogP contribution in [0.3, 0.4) is 0 Å². The van der Waals surface area contributed by atoms with Crippen LogP contribution in [0.25, 0.3) is 0 Å². The van der Waals surface area contributed by atoms with E-state index in [9.17, 15) is 4.79 Å². The molecule has 1 amide bonds. The second-order valence-electron chi connectivity index (χ2n) is 9.62. The molecule has 1 N–H and O–H groups in total. The van der Waals surface area contributed by atoms with E-state index in [1.807, 2.05) is 12.1 Å². The molecule has 0 radical (unpaired) electrons. The number of amides is 1. The minimum atomic E-state index is -0.0744. The molecule has 4 nitrogen and oxygen atoms in total. The normalized spacial score (nSPS) is 15.5. The molecule has 4 rings (SSSR count). The van der Waals surface area contributed by atoms with Crippen LogP contribution in [-0.2, 0) is 23.3 Å². The van der Waals surface area contributed by atoms with Gasteiger partial charge in [-0.1, -0.05) is 91.0 Å². The molecule has 0 saturated carbocycles. The van der Waals surface area contributed by atoms with Crippen LogP contribution >= 0.6 is 24.8 Å². The Hall–Kier alpha value is -2.37. The minimum Gasteiger partial charge on any atom is -0.342 e. The first-order chi connectivity index (χ1) is 16.6. The topological polar surface area (TPSA) is 35.6 Å². The van der Waals surface area contributed by atoms with Gasteiger partial charge in [0.1, 0.15) is 0 Å². The third-order valence-electron chi connectivity index (χ3n) is 7.31. The zero-order valence-electron chi connectivity index (χ0n) is 21.3. The van der Waals surface area contributed by atoms with Gasteiger partial charge in [-0.25, -0.2) is 0 Å². The van der Waals surface area contributed by atoms with Crippen LogP contribution in [0.2, 0.25) is 0 Å². The lowest BCUT2D eigenvalue weighted by Crippen LogP contribution is -2.53. The Morgan fingerprint density at radius 3 is 1.86 bits per heavy atom. The van der Waals surface area contributed by atoms with Crippen molar-refractivity contribution in [2.45, 2.75) is 31.3 Å². The lowest BCUT2D eigenvalue weighted by atomic mass is 9.79. The van der Waals surface area contributed by atoms with Gasteiger partial charge in [0.05, 0.1) is 5.92 Å². The summed E-state index contributed by atoms with van der Waals surface area (Å²) in [5, 5.41) is 3.55. The summed E-state index contributed by atoms with van der Waals surface area (Å²) in [7, 11) is 4.33. The SMILES string of the molecule is CN(C)C1(c2ccccc2)CCN(C(=O)C(CNCc2ccccc2)Cc2ccccc2)CC1.Cl.Cl. The highest BCUT2D eigenvalue weighted by atomic mass is 35.5. The van der Waals surface area contributed by atoms with E-state index < -0.39 is 0 Å². The number of rotatable bonds is 9. The van der Waals surface area contributed by atoms with E-state index in [-0.39, 0.29) is 42.2 Å². The van der Waals surface area contributed by atoms with Gasteiger partial charge in [0.15, 0.2) is 0 Å². The zero-order chi connectivity index (χ0) is 23.8. The van der Waals surface area contributed by atoms with E-state index in [4.69, 9.17) is 0 Å². The lowest BCUT2D eigenvalue weighted by Gasteiger charge is -2.47. The molecule has 3 aromatic carbocycles. The molecule has 1 aliphatic rings. The summed E-state index contributed by atoms with van der Waals surface area (Å²) in [5.74, 6) is 0.194. The van der Waals surface area contributed by atoms with Crippen molar-refractivity contribution in [3.63, 3.8) is 0 Å². The van der Waals surface area contributed by atoms with Gasteiger partial charge in [-0.3, -0.25) is 9.69 Å². The van der Waals surface area contributed by atoms with Crippen molar-refractivity contribution in [1.29, 1.82) is 0 Å². The third kappa shape index (κ3) is 7.33. The van der Waals surface area contributed by atoms with Crippen LogP contribution in [0.1, 0.15) is 29.5 Å². The van der Waals surface area contributed by atoms with Crippen LogP contribution in [0.5, 0.6) is 0 Å². The molecule has 1 unspecified atom stereocenters. The van der Waals surface area contributed by atoms with Gasteiger partial charge in [-0.15, -0.1) is 24.8 Å². The van der Waals surface area contributed by atoms with E-state index in [0.29, 0.717) is 6.54 Å². The largest absolute Gasteiger partial charge is 0.342 e. The van der Waals surface area contributed by atoms with Crippen molar-refractivity contribution in [3.05, 3.63) is 108 Å². The van der Waals surface area contributed by atoms with Crippen molar-refractivity contribution in [1.82, 2.24) is 15.1 Å². The molecule has 1 fully saturated rings. The van der Waals surface area contributed by atoms with Gasteiger partial charge in [0.25, 0.3) is 0 Å². The summed E-state index contributed by atoms with van der Waals surface area (Å²) in [5.41, 5.74) is 3.78. The maximum absolute atomic E-state index is 13.7. The highest BCUT2D eigenvalue weighted by molar-refractivity contribution is 5.85. The van der Waals surface area contributed by atoms with Crippen LogP contribution in [0, 0.1) is 5.92 Å². The van der Waals surface area contributed by atoms with E-state index in [2.05, 4.69) is 108 Å². The van der Waals surface area contributed by atoms with E-state index in [1.165, 1.54) is 16.7 Å². The Bertz CT molecular complexity index is 1020. The average Bonchev–Trinajstić information content (AvgIpc) is 2.89. The number of piperidine rings is 1. The summed E-state index contributed by atoms with van der Waals surface area (Å²) in [4.78, 5) is 18.2. The number of hydrogen-bond donors (Lipinski definition) is 1. The monoisotopic (exact) mass is 527 g/mol. The second-order valence-corrected chi connectivity index (χ2v) is 9.62. The van der Waals surface area contributed by atoms with Gasteiger partial charge in [0.2, 0.25) is 5.91 Å². The fraction of sp³-hybridized carbons (Fsp3) is 0.367. The highest BCUT2D eigenvalue weighted by Gasteiger charge is 2.40. The van der Waals surface area contributed by atoms with Crippen LogP contribution < -0.4 is 5.32 Å². The number of benzene rings is 3. The van der Waals surface area contributed by atoms with Gasteiger partial charge in [-0.05, 0) is 50.0 Å². The fourth-order valence-electron chi connectivity index (χ4n) is 5.23. The molecule has 194 valence electrons. The molecule has 0 aromatic heterocycles. The molecule has 0 aliphatic carbocycles. The zero-order valence-corrected chi connectivity index (χ0v) is 22.9. The lowest BCUT2D eigenvalue weighted by molar-refractivity contribution is -0.138. The van der Waals surface area contributed by atoms with E-state index in [1.54, 1.807) is 0 Å². The first-order valence-electron chi connectivity index (χ1n) is 12.4. The van der Waals surface area contributed by atoms with Crippen molar-refractivity contribution in [2.24, 2.45) is 5.92 Å². The number of nitrogens with zero attached hydrogens (tertiary/aromatic N) is 2.